The molecule has 0 saturated heterocycles. The molecule has 260 valence electrons. The third-order valence-corrected chi connectivity index (χ3v) is 9.75. The number of benzene rings is 6. The van der Waals surface area contributed by atoms with Gasteiger partial charge in [-0.1, -0.05) is 48.5 Å². The fraction of sp³-hybridized carbons (Fsp3) is 0.0857. The number of rotatable bonds is 10. The summed E-state index contributed by atoms with van der Waals surface area (Å²) < 4.78 is 72.9. The van der Waals surface area contributed by atoms with Gasteiger partial charge in [-0.15, -0.1) is 15.3 Å². The number of aliphatic hydroxyl groups is 1. The van der Waals surface area contributed by atoms with Crippen molar-refractivity contribution in [3.05, 3.63) is 114 Å². The van der Waals surface area contributed by atoms with E-state index in [-0.39, 0.29) is 39.1 Å². The molecule has 51 heavy (non-hydrogen) atoms. The Bertz CT molecular complexity index is 2610. The van der Waals surface area contributed by atoms with Crippen molar-refractivity contribution in [2.75, 3.05) is 7.11 Å². The first-order valence-electron chi connectivity index (χ1n) is 14.9. The zero-order chi connectivity index (χ0) is 36.5. The lowest BCUT2D eigenvalue weighted by Gasteiger charge is -2.09. The normalized spacial score (nSPS) is 12.4. The predicted octanol–water partition coefficient (Wildman–Crippen LogP) is 7.82. The number of nitrogens with zero attached hydrogens (tertiary/aromatic N) is 4. The fourth-order valence-corrected chi connectivity index (χ4v) is 6.76. The van der Waals surface area contributed by atoms with E-state index in [1.165, 1.54) is 18.2 Å². The molecule has 0 aliphatic heterocycles. The van der Waals surface area contributed by atoms with Gasteiger partial charge in [0.2, 0.25) is 0 Å². The van der Waals surface area contributed by atoms with Gasteiger partial charge >= 0.3 is 0 Å². The first kappa shape index (κ1) is 35.1. The Hall–Kier alpha value is -5.78. The molecule has 0 atom stereocenters. The Morgan fingerprint density at radius 3 is 1.94 bits per heavy atom. The van der Waals surface area contributed by atoms with Gasteiger partial charge < -0.3 is 20.1 Å². The third-order valence-electron chi connectivity index (χ3n) is 7.95. The predicted molar refractivity (Wildman–Crippen MR) is 187 cm³/mol. The molecule has 6 aromatic carbocycles. The summed E-state index contributed by atoms with van der Waals surface area (Å²) in [6.07, 6.45) is 0.670. The number of methoxy groups -OCH3 is 1. The number of ether oxygens (including phenoxy) is 1. The third kappa shape index (κ3) is 7.54. The van der Waals surface area contributed by atoms with Crippen molar-refractivity contribution in [1.29, 1.82) is 0 Å². The van der Waals surface area contributed by atoms with Gasteiger partial charge in [0.1, 0.15) is 38.4 Å². The molecule has 0 fully saturated rings. The van der Waals surface area contributed by atoms with Crippen LogP contribution in [0.2, 0.25) is 0 Å². The Morgan fingerprint density at radius 1 is 0.608 bits per heavy atom. The number of azo groups is 2. The van der Waals surface area contributed by atoms with Gasteiger partial charge in [-0.25, -0.2) is 0 Å². The minimum Gasteiger partial charge on any atom is -0.506 e. The Kier molecular flexibility index (Phi) is 9.52. The average molecular weight is 729 g/mol. The number of aliphatic hydroxyl groups excluding tert-OH is 1. The Morgan fingerprint density at radius 2 is 1.25 bits per heavy atom. The summed E-state index contributed by atoms with van der Waals surface area (Å²) in [7, 11) is -8.01. The molecule has 0 aliphatic carbocycles. The second-order valence-corrected chi connectivity index (χ2v) is 14.1. The molecule has 0 saturated carbocycles. The summed E-state index contributed by atoms with van der Waals surface area (Å²) in [5.74, 6) is 0.165. The Labute approximate surface area is 291 Å². The molecular weight excluding hydrogens is 701 g/mol. The summed E-state index contributed by atoms with van der Waals surface area (Å²) >= 11 is 0. The molecule has 0 aliphatic rings. The average Bonchev–Trinajstić information content (AvgIpc) is 3.09. The molecule has 0 radical (unpaired) electrons. The van der Waals surface area contributed by atoms with Crippen molar-refractivity contribution >= 4 is 64.5 Å². The van der Waals surface area contributed by atoms with Crippen LogP contribution in [0, 0.1) is 0 Å². The highest BCUT2D eigenvalue weighted by Crippen LogP contribution is 2.40. The topological polar surface area (TPSA) is 228 Å². The number of hydrogen-bond acceptors (Lipinski definition) is 12. The van der Waals surface area contributed by atoms with E-state index < -0.39 is 48.1 Å². The minimum absolute atomic E-state index is 0.0621. The number of phenols is 2. The zero-order valence-electron chi connectivity index (χ0n) is 26.5. The van der Waals surface area contributed by atoms with Crippen LogP contribution in [0.15, 0.2) is 127 Å². The van der Waals surface area contributed by atoms with E-state index in [0.29, 0.717) is 11.8 Å². The van der Waals surface area contributed by atoms with Gasteiger partial charge in [0.15, 0.2) is 5.75 Å². The molecule has 0 bridgehead atoms. The van der Waals surface area contributed by atoms with Gasteiger partial charge in [-0.3, -0.25) is 9.11 Å². The highest BCUT2D eigenvalue weighted by molar-refractivity contribution is 7.86. The van der Waals surface area contributed by atoms with Crippen LogP contribution in [-0.2, 0) is 33.3 Å². The minimum atomic E-state index is -4.89. The number of phenolic OH excluding ortho intramolecular Hbond substituents is 2. The fourth-order valence-electron chi connectivity index (χ4n) is 5.42. The van der Waals surface area contributed by atoms with Crippen LogP contribution in [0.1, 0.15) is 16.7 Å². The summed E-state index contributed by atoms with van der Waals surface area (Å²) in [5, 5.41) is 48.9. The van der Waals surface area contributed by atoms with Crippen molar-refractivity contribution in [1.82, 2.24) is 0 Å². The lowest BCUT2D eigenvalue weighted by molar-refractivity contribution is 0.282. The van der Waals surface area contributed by atoms with Crippen molar-refractivity contribution < 1.29 is 46.0 Å². The maximum absolute atomic E-state index is 12.2. The summed E-state index contributed by atoms with van der Waals surface area (Å²) in [6, 6.07) is 24.7. The van der Waals surface area contributed by atoms with Crippen molar-refractivity contribution in [2.45, 2.75) is 22.8 Å². The maximum atomic E-state index is 12.2. The van der Waals surface area contributed by atoms with E-state index in [1.807, 2.05) is 36.4 Å². The molecule has 0 amide bonds. The SMILES string of the molecule is COc1ccc(Cc2ccc3c(O)c(N=Nc4cc(CO)c(N=Nc5cc6c(S(=O)(=O)O)cccc6cc5S(=O)(=O)O)cc4O)ccc3c2)cc1. The van der Waals surface area contributed by atoms with E-state index in [4.69, 9.17) is 4.74 Å². The highest BCUT2D eigenvalue weighted by Gasteiger charge is 2.21. The zero-order valence-corrected chi connectivity index (χ0v) is 28.2. The van der Waals surface area contributed by atoms with E-state index in [0.717, 1.165) is 46.5 Å². The van der Waals surface area contributed by atoms with Crippen LogP contribution >= 0.6 is 0 Å². The van der Waals surface area contributed by atoms with E-state index in [1.54, 1.807) is 25.3 Å². The molecular formula is C35H28N4O10S2. The van der Waals surface area contributed by atoms with Crippen LogP contribution in [0.3, 0.4) is 0 Å². The van der Waals surface area contributed by atoms with Gasteiger partial charge in [0, 0.05) is 22.4 Å². The molecule has 5 N–H and O–H groups in total. The maximum Gasteiger partial charge on any atom is 0.296 e. The molecule has 14 nitrogen and oxygen atoms in total. The van der Waals surface area contributed by atoms with Crippen LogP contribution < -0.4 is 4.74 Å². The van der Waals surface area contributed by atoms with Crippen molar-refractivity contribution in [2.24, 2.45) is 20.5 Å². The van der Waals surface area contributed by atoms with E-state index >= 15 is 0 Å². The molecule has 6 rings (SSSR count). The van der Waals surface area contributed by atoms with Crippen molar-refractivity contribution in [3.63, 3.8) is 0 Å². The Balaban J connectivity index is 1.29. The number of hydrogen-bond donors (Lipinski definition) is 5. The van der Waals surface area contributed by atoms with E-state index in [9.17, 15) is 41.3 Å². The molecule has 0 heterocycles. The molecule has 6 aromatic rings. The standard InChI is InChI=1S/C35H28N4O10S2/c1-49-25-9-5-20(6-10-25)13-21-7-11-26-23(14-21)8-12-28(35(26)42)36-38-30-15-24(19-40)29(18-32(30)41)37-39-31-17-27-22(16-34(31)51(46,47)48)3-2-4-33(27)50(43,44)45/h2-12,14-18,40-42H,13,19H2,1H3,(H,43,44,45)(H,46,47,48). The van der Waals surface area contributed by atoms with Gasteiger partial charge in [0.25, 0.3) is 20.2 Å². The second kappa shape index (κ2) is 13.9. The second-order valence-electron chi connectivity index (χ2n) is 11.3. The summed E-state index contributed by atoms with van der Waals surface area (Å²) in [4.78, 5) is -1.25. The highest BCUT2D eigenvalue weighted by atomic mass is 32.2. The lowest BCUT2D eigenvalue weighted by Crippen LogP contribution is -2.01. The summed E-state index contributed by atoms with van der Waals surface area (Å²) in [5.41, 5.74) is 1.57. The van der Waals surface area contributed by atoms with Crippen LogP contribution in [0.4, 0.5) is 22.7 Å². The van der Waals surface area contributed by atoms with Crippen LogP contribution in [0.25, 0.3) is 21.5 Å². The van der Waals surface area contributed by atoms with Gasteiger partial charge in [-0.05, 0) is 70.8 Å². The lowest BCUT2D eigenvalue weighted by atomic mass is 10.0. The molecule has 0 spiro atoms. The van der Waals surface area contributed by atoms with Crippen LogP contribution in [0.5, 0.6) is 17.2 Å². The van der Waals surface area contributed by atoms with Gasteiger partial charge in [0.05, 0.1) is 19.4 Å². The van der Waals surface area contributed by atoms with Crippen molar-refractivity contribution in [3.8, 4) is 17.2 Å². The largest absolute Gasteiger partial charge is 0.506 e. The first-order valence-corrected chi connectivity index (χ1v) is 17.8. The molecule has 0 aromatic heterocycles. The smallest absolute Gasteiger partial charge is 0.296 e. The summed E-state index contributed by atoms with van der Waals surface area (Å²) in [6.45, 7) is -0.632. The number of aromatic hydroxyl groups is 2. The van der Waals surface area contributed by atoms with Gasteiger partial charge in [-0.2, -0.15) is 21.9 Å². The van der Waals surface area contributed by atoms with Crippen LogP contribution in [-0.4, -0.2) is 48.4 Å². The quantitative estimate of drug-likeness (QED) is 0.0678. The first-order chi connectivity index (χ1) is 24.2. The molecule has 16 heteroatoms. The number of fused-ring (bicyclic) bond motifs is 2. The molecule has 0 unspecified atom stereocenters. The van der Waals surface area contributed by atoms with E-state index in [2.05, 4.69) is 20.5 Å². The monoisotopic (exact) mass is 728 g/mol.